The van der Waals surface area contributed by atoms with Gasteiger partial charge in [0.2, 0.25) is 11.9 Å². The Labute approximate surface area is 115 Å². The number of aromatic nitrogens is 3. The van der Waals surface area contributed by atoms with Crippen LogP contribution in [-0.2, 0) is 4.79 Å². The second-order valence-electron chi connectivity index (χ2n) is 5.28. The highest BCUT2D eigenvalue weighted by Gasteiger charge is 2.30. The summed E-state index contributed by atoms with van der Waals surface area (Å²) in [5, 5.41) is 1.03. The quantitative estimate of drug-likeness (QED) is 0.736. The lowest BCUT2D eigenvalue weighted by Gasteiger charge is -2.11. The SMILES string of the molecule is CC1CCN(c2nc3cnc4ccccc4c3[nH]2)C1=O. The average Bonchev–Trinajstić information content (AvgIpc) is 3.03. The molecule has 2 aromatic heterocycles. The van der Waals surface area contributed by atoms with E-state index in [1.54, 1.807) is 11.1 Å². The molecule has 1 aliphatic rings. The number of carbonyl (C=O) groups excluding carboxylic acids is 1. The lowest BCUT2D eigenvalue weighted by molar-refractivity contribution is -0.119. The van der Waals surface area contributed by atoms with Crippen molar-refractivity contribution in [2.24, 2.45) is 5.92 Å². The van der Waals surface area contributed by atoms with Crippen molar-refractivity contribution < 1.29 is 4.79 Å². The highest BCUT2D eigenvalue weighted by molar-refractivity contribution is 6.04. The number of aromatic amines is 1. The summed E-state index contributed by atoms with van der Waals surface area (Å²) in [5.41, 5.74) is 2.67. The molecule has 1 fully saturated rings. The highest BCUT2D eigenvalue weighted by atomic mass is 16.2. The van der Waals surface area contributed by atoms with Crippen molar-refractivity contribution >= 4 is 33.8 Å². The first-order valence-corrected chi connectivity index (χ1v) is 6.79. The van der Waals surface area contributed by atoms with E-state index in [1.807, 2.05) is 31.2 Å². The number of nitrogens with one attached hydrogen (secondary N) is 1. The number of para-hydroxylation sites is 1. The van der Waals surface area contributed by atoms with Crippen LogP contribution in [0.2, 0.25) is 0 Å². The van der Waals surface area contributed by atoms with Gasteiger partial charge in [0.25, 0.3) is 0 Å². The van der Waals surface area contributed by atoms with E-state index in [1.165, 1.54) is 0 Å². The predicted octanol–water partition coefficient (Wildman–Crippen LogP) is 2.48. The van der Waals surface area contributed by atoms with Crippen molar-refractivity contribution in [3.63, 3.8) is 0 Å². The number of hydrogen-bond acceptors (Lipinski definition) is 3. The van der Waals surface area contributed by atoms with Crippen molar-refractivity contribution in [3.8, 4) is 0 Å². The fourth-order valence-electron chi connectivity index (χ4n) is 2.76. The molecule has 5 nitrogen and oxygen atoms in total. The number of hydrogen-bond donors (Lipinski definition) is 1. The maximum Gasteiger partial charge on any atom is 0.232 e. The molecule has 0 saturated carbocycles. The van der Waals surface area contributed by atoms with Gasteiger partial charge in [0.1, 0.15) is 5.52 Å². The summed E-state index contributed by atoms with van der Waals surface area (Å²) in [7, 11) is 0. The van der Waals surface area contributed by atoms with Crippen LogP contribution in [0.15, 0.2) is 30.5 Å². The number of anilines is 1. The largest absolute Gasteiger partial charge is 0.323 e. The summed E-state index contributed by atoms with van der Waals surface area (Å²) in [6.45, 7) is 2.69. The first kappa shape index (κ1) is 11.4. The Morgan fingerprint density at radius 2 is 2.15 bits per heavy atom. The zero-order chi connectivity index (χ0) is 13.7. The smallest absolute Gasteiger partial charge is 0.232 e. The molecule has 1 aromatic carbocycles. The number of pyridine rings is 1. The Balaban J connectivity index is 1.91. The number of amides is 1. The van der Waals surface area contributed by atoms with E-state index in [9.17, 15) is 4.79 Å². The summed E-state index contributed by atoms with van der Waals surface area (Å²) in [5.74, 6) is 0.854. The molecule has 0 aliphatic carbocycles. The Hall–Kier alpha value is -2.43. The molecule has 3 aromatic rings. The van der Waals surface area contributed by atoms with Gasteiger partial charge >= 0.3 is 0 Å². The molecule has 1 unspecified atom stereocenters. The minimum absolute atomic E-state index is 0.0816. The van der Waals surface area contributed by atoms with Gasteiger partial charge in [0, 0.05) is 17.8 Å². The summed E-state index contributed by atoms with van der Waals surface area (Å²) < 4.78 is 0. The van der Waals surface area contributed by atoms with E-state index in [2.05, 4.69) is 15.0 Å². The topological polar surface area (TPSA) is 61.9 Å². The number of H-pyrrole nitrogens is 1. The van der Waals surface area contributed by atoms with Crippen LogP contribution in [0.5, 0.6) is 0 Å². The molecule has 1 aliphatic heterocycles. The first-order chi connectivity index (χ1) is 9.74. The third-order valence-electron chi connectivity index (χ3n) is 3.95. The number of rotatable bonds is 1. The molecule has 4 rings (SSSR count). The highest BCUT2D eigenvalue weighted by Crippen LogP contribution is 2.27. The molecule has 0 bridgehead atoms. The number of carbonyl (C=O) groups is 1. The van der Waals surface area contributed by atoms with Gasteiger partial charge in [-0.15, -0.1) is 0 Å². The zero-order valence-corrected chi connectivity index (χ0v) is 11.1. The molecule has 0 spiro atoms. The lowest BCUT2D eigenvalue weighted by Crippen LogP contribution is -2.27. The van der Waals surface area contributed by atoms with Crippen LogP contribution >= 0.6 is 0 Å². The monoisotopic (exact) mass is 266 g/mol. The van der Waals surface area contributed by atoms with Crippen molar-refractivity contribution in [1.29, 1.82) is 0 Å². The van der Waals surface area contributed by atoms with Gasteiger partial charge in [-0.1, -0.05) is 25.1 Å². The Morgan fingerprint density at radius 3 is 2.95 bits per heavy atom. The Kier molecular flexibility index (Phi) is 2.30. The van der Waals surface area contributed by atoms with Crippen molar-refractivity contribution in [2.45, 2.75) is 13.3 Å². The van der Waals surface area contributed by atoms with Crippen molar-refractivity contribution in [3.05, 3.63) is 30.5 Å². The standard InChI is InChI=1S/C15H14N4O/c1-9-6-7-19(14(9)20)15-17-12-8-16-11-5-3-2-4-10(11)13(12)18-15/h2-5,8-9H,6-7H2,1H3,(H,17,18). The van der Waals surface area contributed by atoms with Gasteiger partial charge < -0.3 is 4.98 Å². The Morgan fingerprint density at radius 1 is 1.30 bits per heavy atom. The third kappa shape index (κ3) is 1.52. The molecular weight excluding hydrogens is 252 g/mol. The van der Waals surface area contributed by atoms with Gasteiger partial charge in [0.15, 0.2) is 0 Å². The molecule has 100 valence electrons. The summed E-state index contributed by atoms with van der Waals surface area (Å²) >= 11 is 0. The molecular formula is C15H14N4O. The van der Waals surface area contributed by atoms with Crippen LogP contribution in [-0.4, -0.2) is 27.4 Å². The average molecular weight is 266 g/mol. The van der Waals surface area contributed by atoms with E-state index in [4.69, 9.17) is 0 Å². The normalized spacial score (nSPS) is 19.4. The van der Waals surface area contributed by atoms with Crippen LogP contribution in [0.1, 0.15) is 13.3 Å². The van der Waals surface area contributed by atoms with Crippen molar-refractivity contribution in [2.75, 3.05) is 11.4 Å². The van der Waals surface area contributed by atoms with Gasteiger partial charge in [0.05, 0.1) is 17.2 Å². The maximum absolute atomic E-state index is 12.1. The van der Waals surface area contributed by atoms with Gasteiger partial charge in [-0.05, 0) is 12.5 Å². The molecule has 5 heteroatoms. The summed E-state index contributed by atoms with van der Waals surface area (Å²) in [4.78, 5) is 26.0. The van der Waals surface area contributed by atoms with Crippen LogP contribution in [0, 0.1) is 5.92 Å². The van der Waals surface area contributed by atoms with E-state index >= 15 is 0 Å². The molecule has 1 amide bonds. The van der Waals surface area contributed by atoms with E-state index < -0.39 is 0 Å². The second kappa shape index (κ2) is 4.03. The molecule has 1 N–H and O–H groups in total. The number of fused-ring (bicyclic) bond motifs is 3. The van der Waals surface area contributed by atoms with Gasteiger partial charge in [-0.25, -0.2) is 4.98 Å². The number of benzene rings is 1. The van der Waals surface area contributed by atoms with Gasteiger partial charge in [-0.3, -0.25) is 14.7 Å². The van der Waals surface area contributed by atoms with Crippen LogP contribution in [0.25, 0.3) is 21.9 Å². The summed E-state index contributed by atoms with van der Waals surface area (Å²) in [6, 6.07) is 7.93. The minimum atomic E-state index is 0.0816. The number of nitrogens with zero attached hydrogens (tertiary/aromatic N) is 3. The predicted molar refractivity (Wildman–Crippen MR) is 77.5 cm³/mol. The zero-order valence-electron chi connectivity index (χ0n) is 11.1. The lowest BCUT2D eigenvalue weighted by atomic mass is 10.1. The van der Waals surface area contributed by atoms with Crippen LogP contribution in [0.3, 0.4) is 0 Å². The maximum atomic E-state index is 12.1. The van der Waals surface area contributed by atoms with Crippen LogP contribution in [0.4, 0.5) is 5.95 Å². The van der Waals surface area contributed by atoms with Crippen LogP contribution < -0.4 is 4.90 Å². The van der Waals surface area contributed by atoms with Gasteiger partial charge in [-0.2, -0.15) is 0 Å². The molecule has 20 heavy (non-hydrogen) atoms. The Bertz CT molecular complexity index is 823. The fourth-order valence-corrected chi connectivity index (χ4v) is 2.76. The van der Waals surface area contributed by atoms with E-state index in [0.717, 1.165) is 34.9 Å². The third-order valence-corrected chi connectivity index (χ3v) is 3.95. The summed E-state index contributed by atoms with van der Waals surface area (Å²) in [6.07, 6.45) is 2.64. The molecule has 3 heterocycles. The van der Waals surface area contributed by atoms with E-state index in [-0.39, 0.29) is 11.8 Å². The molecule has 1 atom stereocenters. The minimum Gasteiger partial charge on any atom is -0.323 e. The fraction of sp³-hybridized carbons (Fsp3) is 0.267. The first-order valence-electron chi connectivity index (χ1n) is 6.79. The van der Waals surface area contributed by atoms with Crippen molar-refractivity contribution in [1.82, 2.24) is 15.0 Å². The second-order valence-corrected chi connectivity index (χ2v) is 5.28. The number of imidazole rings is 1. The molecule has 1 saturated heterocycles. The molecule has 0 radical (unpaired) electrons. The van der Waals surface area contributed by atoms with E-state index in [0.29, 0.717) is 5.95 Å².